The van der Waals surface area contributed by atoms with E-state index in [0.29, 0.717) is 22.0 Å². The van der Waals surface area contributed by atoms with Gasteiger partial charge in [-0.3, -0.25) is 9.10 Å². The van der Waals surface area contributed by atoms with Crippen molar-refractivity contribution in [3.05, 3.63) is 88.9 Å². The summed E-state index contributed by atoms with van der Waals surface area (Å²) in [4.78, 5) is 12.6. The highest BCUT2D eigenvalue weighted by atomic mass is 35.5. The monoisotopic (exact) mass is 471 g/mol. The molecule has 0 radical (unpaired) electrons. The quantitative estimate of drug-likeness (QED) is 0.397. The van der Waals surface area contributed by atoms with E-state index >= 15 is 0 Å². The fourth-order valence-corrected chi connectivity index (χ4v) is 4.37. The number of aryl methyl sites for hydroxylation is 1. The number of hydrogen-bond acceptors (Lipinski definition) is 5. The zero-order valence-electron chi connectivity index (χ0n) is 17.5. The van der Waals surface area contributed by atoms with Crippen molar-refractivity contribution in [3.63, 3.8) is 0 Å². The minimum atomic E-state index is -4.00. The predicted molar refractivity (Wildman–Crippen MR) is 126 cm³/mol. The number of carbonyl (C=O) groups is 1. The SMILES string of the molecule is COc1cccc(/C=N\NC(=O)CN(c2ccc(Cl)cc2)S(=O)(=O)c2ccc(C)cc2)c1. The van der Waals surface area contributed by atoms with Gasteiger partial charge in [-0.05, 0) is 61.0 Å². The molecule has 0 bridgehead atoms. The summed E-state index contributed by atoms with van der Waals surface area (Å²) in [5.74, 6) is 0.0492. The average Bonchev–Trinajstić information content (AvgIpc) is 2.78. The summed E-state index contributed by atoms with van der Waals surface area (Å²) in [5, 5.41) is 4.37. The summed E-state index contributed by atoms with van der Waals surface area (Å²) in [5.41, 5.74) is 4.31. The second-order valence-electron chi connectivity index (χ2n) is 6.87. The van der Waals surface area contributed by atoms with E-state index in [9.17, 15) is 13.2 Å². The number of benzene rings is 3. The lowest BCUT2D eigenvalue weighted by Crippen LogP contribution is -2.39. The van der Waals surface area contributed by atoms with E-state index in [4.69, 9.17) is 16.3 Å². The van der Waals surface area contributed by atoms with Crippen LogP contribution in [0.5, 0.6) is 5.75 Å². The Bertz CT molecular complexity index is 1210. The van der Waals surface area contributed by atoms with Crippen molar-refractivity contribution in [1.29, 1.82) is 0 Å². The lowest BCUT2D eigenvalue weighted by molar-refractivity contribution is -0.119. The third-order valence-electron chi connectivity index (χ3n) is 4.51. The average molecular weight is 472 g/mol. The van der Waals surface area contributed by atoms with Crippen LogP contribution in [-0.2, 0) is 14.8 Å². The maximum Gasteiger partial charge on any atom is 0.264 e. The van der Waals surface area contributed by atoms with Gasteiger partial charge in [0.15, 0.2) is 0 Å². The second kappa shape index (κ2) is 10.3. The Morgan fingerprint density at radius 2 is 1.78 bits per heavy atom. The fraction of sp³-hybridized carbons (Fsp3) is 0.130. The molecule has 0 aromatic heterocycles. The number of nitrogens with one attached hydrogen (secondary N) is 1. The zero-order valence-corrected chi connectivity index (χ0v) is 19.1. The van der Waals surface area contributed by atoms with Gasteiger partial charge in [0.05, 0.1) is 23.9 Å². The summed E-state index contributed by atoms with van der Waals surface area (Å²) in [6, 6.07) is 19.7. The molecule has 9 heteroatoms. The second-order valence-corrected chi connectivity index (χ2v) is 9.17. The van der Waals surface area contributed by atoms with Crippen molar-refractivity contribution in [2.45, 2.75) is 11.8 Å². The highest BCUT2D eigenvalue weighted by Gasteiger charge is 2.27. The lowest BCUT2D eigenvalue weighted by atomic mass is 10.2. The van der Waals surface area contributed by atoms with E-state index < -0.39 is 22.5 Å². The molecule has 0 spiro atoms. The van der Waals surface area contributed by atoms with Crippen LogP contribution in [0.4, 0.5) is 5.69 Å². The molecule has 32 heavy (non-hydrogen) atoms. The Labute approximate surface area is 192 Å². The summed E-state index contributed by atoms with van der Waals surface area (Å²) >= 11 is 5.94. The number of amides is 1. The van der Waals surface area contributed by atoms with Gasteiger partial charge in [-0.1, -0.05) is 41.4 Å². The Balaban J connectivity index is 1.82. The molecule has 7 nitrogen and oxygen atoms in total. The number of hydrazone groups is 1. The Morgan fingerprint density at radius 1 is 1.09 bits per heavy atom. The van der Waals surface area contributed by atoms with Crippen LogP contribution in [0, 0.1) is 6.92 Å². The summed E-state index contributed by atoms with van der Waals surface area (Å²) in [6.07, 6.45) is 1.45. The van der Waals surface area contributed by atoms with E-state index in [1.807, 2.05) is 6.92 Å². The van der Waals surface area contributed by atoms with Crippen LogP contribution in [0.2, 0.25) is 5.02 Å². The molecule has 0 fully saturated rings. The standard InChI is InChI=1S/C23H22ClN3O4S/c1-17-6-12-22(13-7-17)32(29,30)27(20-10-8-19(24)9-11-20)16-23(28)26-25-15-18-4-3-5-21(14-18)31-2/h3-15H,16H2,1-2H3,(H,26,28)/b25-15-. The normalized spacial score (nSPS) is 11.3. The van der Waals surface area contributed by atoms with Crippen molar-refractivity contribution >= 4 is 39.4 Å². The molecule has 3 aromatic carbocycles. The Morgan fingerprint density at radius 3 is 2.44 bits per heavy atom. The van der Waals surface area contributed by atoms with E-state index in [2.05, 4.69) is 10.5 Å². The molecule has 3 aromatic rings. The third-order valence-corrected chi connectivity index (χ3v) is 6.55. The van der Waals surface area contributed by atoms with Crippen LogP contribution in [0.1, 0.15) is 11.1 Å². The van der Waals surface area contributed by atoms with Crippen LogP contribution < -0.4 is 14.5 Å². The molecule has 1 N–H and O–H groups in total. The van der Waals surface area contributed by atoms with Gasteiger partial charge < -0.3 is 4.74 Å². The highest BCUT2D eigenvalue weighted by Crippen LogP contribution is 2.25. The minimum Gasteiger partial charge on any atom is -0.497 e. The van der Waals surface area contributed by atoms with Crippen molar-refractivity contribution in [2.75, 3.05) is 18.0 Å². The molecule has 0 saturated heterocycles. The molecule has 0 saturated carbocycles. The topological polar surface area (TPSA) is 88.1 Å². The number of carbonyl (C=O) groups excluding carboxylic acids is 1. The van der Waals surface area contributed by atoms with Gasteiger partial charge >= 0.3 is 0 Å². The van der Waals surface area contributed by atoms with Crippen LogP contribution >= 0.6 is 11.6 Å². The third kappa shape index (κ3) is 5.87. The first-order valence-corrected chi connectivity index (χ1v) is 11.4. The van der Waals surface area contributed by atoms with Crippen molar-refractivity contribution in [2.24, 2.45) is 5.10 Å². The molecular weight excluding hydrogens is 450 g/mol. The molecule has 3 rings (SSSR count). The van der Waals surface area contributed by atoms with Crippen LogP contribution in [-0.4, -0.2) is 34.2 Å². The minimum absolute atomic E-state index is 0.0748. The molecule has 0 aliphatic rings. The number of halogens is 1. The van der Waals surface area contributed by atoms with Crippen molar-refractivity contribution in [3.8, 4) is 5.75 Å². The molecule has 0 aliphatic heterocycles. The van der Waals surface area contributed by atoms with E-state index in [-0.39, 0.29) is 4.90 Å². The summed E-state index contributed by atoms with van der Waals surface area (Å²) in [6.45, 7) is 1.40. The van der Waals surface area contributed by atoms with E-state index in [1.165, 1.54) is 18.3 Å². The number of hydrogen-bond donors (Lipinski definition) is 1. The summed E-state index contributed by atoms with van der Waals surface area (Å²) < 4.78 is 32.7. The Hall–Kier alpha value is -3.36. The number of nitrogens with zero attached hydrogens (tertiary/aromatic N) is 2. The first kappa shape index (κ1) is 23.3. The molecular formula is C23H22ClN3O4S. The van der Waals surface area contributed by atoms with Crippen LogP contribution in [0.25, 0.3) is 0 Å². The largest absolute Gasteiger partial charge is 0.497 e. The summed E-state index contributed by atoms with van der Waals surface area (Å²) in [7, 11) is -2.45. The molecule has 0 atom stereocenters. The number of anilines is 1. The molecule has 0 heterocycles. The molecule has 166 valence electrons. The lowest BCUT2D eigenvalue weighted by Gasteiger charge is -2.23. The maximum absolute atomic E-state index is 13.3. The van der Waals surface area contributed by atoms with Gasteiger partial charge in [-0.2, -0.15) is 5.10 Å². The number of ether oxygens (including phenoxy) is 1. The fourth-order valence-electron chi connectivity index (χ4n) is 2.83. The number of rotatable bonds is 8. The molecule has 1 amide bonds. The van der Waals surface area contributed by atoms with Crippen molar-refractivity contribution in [1.82, 2.24) is 5.43 Å². The molecule has 0 unspecified atom stereocenters. The number of sulfonamides is 1. The van der Waals surface area contributed by atoms with Gasteiger partial charge in [0.2, 0.25) is 0 Å². The first-order valence-electron chi connectivity index (χ1n) is 9.60. The predicted octanol–water partition coefficient (Wildman–Crippen LogP) is 4.00. The van der Waals surface area contributed by atoms with Gasteiger partial charge in [0, 0.05) is 5.02 Å². The number of methoxy groups -OCH3 is 1. The first-order chi connectivity index (χ1) is 15.3. The van der Waals surface area contributed by atoms with Gasteiger partial charge in [0.25, 0.3) is 15.9 Å². The van der Waals surface area contributed by atoms with Crippen LogP contribution in [0.3, 0.4) is 0 Å². The van der Waals surface area contributed by atoms with Crippen molar-refractivity contribution < 1.29 is 17.9 Å². The molecule has 0 aliphatic carbocycles. The van der Waals surface area contributed by atoms with E-state index in [0.717, 1.165) is 9.87 Å². The zero-order chi connectivity index (χ0) is 23.1. The van der Waals surface area contributed by atoms with Crippen LogP contribution in [0.15, 0.2) is 82.8 Å². The van der Waals surface area contributed by atoms with Gasteiger partial charge in [0.1, 0.15) is 12.3 Å². The highest BCUT2D eigenvalue weighted by molar-refractivity contribution is 7.92. The van der Waals surface area contributed by atoms with Gasteiger partial charge in [-0.25, -0.2) is 13.8 Å². The maximum atomic E-state index is 13.3. The Kier molecular flexibility index (Phi) is 7.50. The van der Waals surface area contributed by atoms with Gasteiger partial charge in [-0.15, -0.1) is 0 Å². The smallest absolute Gasteiger partial charge is 0.264 e. The van der Waals surface area contributed by atoms with E-state index in [1.54, 1.807) is 67.8 Å².